The van der Waals surface area contributed by atoms with E-state index >= 15 is 0 Å². The van der Waals surface area contributed by atoms with E-state index in [-0.39, 0.29) is 12.0 Å². The molecule has 15 heavy (non-hydrogen) atoms. The molecule has 74 valence electrons. The van der Waals surface area contributed by atoms with Gasteiger partial charge < -0.3 is 5.11 Å². The van der Waals surface area contributed by atoms with Crippen molar-refractivity contribution in [2.24, 2.45) is 0 Å². The summed E-state index contributed by atoms with van der Waals surface area (Å²) in [6.45, 7) is 1.72. The minimum absolute atomic E-state index is 0.104. The molecule has 0 amide bonds. The van der Waals surface area contributed by atoms with Gasteiger partial charge in [0, 0.05) is 5.56 Å². The number of aromatic carboxylic acids is 1. The van der Waals surface area contributed by atoms with E-state index in [1.54, 1.807) is 25.1 Å². The number of hydrogen-bond donors (Lipinski definition) is 1. The fraction of sp³-hybridized carbons (Fsp3) is 0.167. The van der Waals surface area contributed by atoms with Crippen LogP contribution in [0.1, 0.15) is 27.9 Å². The van der Waals surface area contributed by atoms with Gasteiger partial charge in [0.05, 0.1) is 18.1 Å². The molecule has 3 heteroatoms. The molecular formula is C12H9NO2. The third-order valence-electron chi connectivity index (χ3n) is 1.88. The van der Waals surface area contributed by atoms with Crippen LogP contribution < -0.4 is 0 Å². The number of carboxylic acids is 1. The standard InChI is InChI=1S/C12H9NO2/c1-9-5-4-7-10(6-2-3-8-13)11(9)12(14)15/h4-5,7H,3H2,1H3,(H,14,15). The van der Waals surface area contributed by atoms with Crippen molar-refractivity contribution in [1.82, 2.24) is 0 Å². The Morgan fingerprint density at radius 1 is 1.53 bits per heavy atom. The molecule has 0 fully saturated rings. The second-order valence-corrected chi connectivity index (χ2v) is 2.94. The normalized spacial score (nSPS) is 8.53. The maximum Gasteiger partial charge on any atom is 0.337 e. The van der Waals surface area contributed by atoms with Crippen molar-refractivity contribution < 1.29 is 9.90 Å². The number of aryl methyl sites for hydroxylation is 1. The van der Waals surface area contributed by atoms with Gasteiger partial charge in [0.15, 0.2) is 0 Å². The molecule has 0 heterocycles. The van der Waals surface area contributed by atoms with E-state index in [0.717, 1.165) is 0 Å². The van der Waals surface area contributed by atoms with E-state index in [1.165, 1.54) is 0 Å². The highest BCUT2D eigenvalue weighted by molar-refractivity contribution is 5.92. The van der Waals surface area contributed by atoms with Crippen molar-refractivity contribution in [3.8, 4) is 17.9 Å². The third-order valence-corrected chi connectivity index (χ3v) is 1.88. The Morgan fingerprint density at radius 2 is 2.27 bits per heavy atom. The van der Waals surface area contributed by atoms with Gasteiger partial charge in [-0.05, 0) is 18.6 Å². The fourth-order valence-corrected chi connectivity index (χ4v) is 1.23. The lowest BCUT2D eigenvalue weighted by Gasteiger charge is -2.02. The summed E-state index contributed by atoms with van der Waals surface area (Å²) in [4.78, 5) is 10.9. The molecule has 1 N–H and O–H groups in total. The summed E-state index contributed by atoms with van der Waals surface area (Å²) in [7, 11) is 0. The molecule has 1 aromatic rings. The average Bonchev–Trinajstić information content (AvgIpc) is 2.17. The lowest BCUT2D eigenvalue weighted by atomic mass is 10.0. The van der Waals surface area contributed by atoms with Gasteiger partial charge in [-0.25, -0.2) is 4.79 Å². The second kappa shape index (κ2) is 4.83. The quantitative estimate of drug-likeness (QED) is 0.703. The van der Waals surface area contributed by atoms with Crippen LogP contribution in [-0.4, -0.2) is 11.1 Å². The van der Waals surface area contributed by atoms with Crippen molar-refractivity contribution in [3.05, 3.63) is 34.9 Å². The average molecular weight is 199 g/mol. The first-order valence-electron chi connectivity index (χ1n) is 4.35. The van der Waals surface area contributed by atoms with E-state index in [4.69, 9.17) is 10.4 Å². The van der Waals surface area contributed by atoms with Crippen molar-refractivity contribution in [2.75, 3.05) is 0 Å². The molecule has 0 aliphatic rings. The minimum Gasteiger partial charge on any atom is -0.478 e. The van der Waals surface area contributed by atoms with Gasteiger partial charge >= 0.3 is 5.97 Å². The monoisotopic (exact) mass is 199 g/mol. The van der Waals surface area contributed by atoms with Crippen LogP contribution in [-0.2, 0) is 0 Å². The smallest absolute Gasteiger partial charge is 0.337 e. The van der Waals surface area contributed by atoms with Crippen LogP contribution in [0.15, 0.2) is 18.2 Å². The van der Waals surface area contributed by atoms with Gasteiger partial charge in [-0.15, -0.1) is 0 Å². The molecule has 0 bridgehead atoms. The predicted octanol–water partition coefficient (Wildman–Crippen LogP) is 1.96. The van der Waals surface area contributed by atoms with E-state index < -0.39 is 5.97 Å². The number of carboxylic acid groups (broad SMARTS) is 1. The van der Waals surface area contributed by atoms with Crippen molar-refractivity contribution >= 4 is 5.97 Å². The molecule has 0 aromatic heterocycles. The number of benzene rings is 1. The summed E-state index contributed by atoms with van der Waals surface area (Å²) < 4.78 is 0. The molecule has 1 aromatic carbocycles. The number of carbonyl (C=O) groups is 1. The first-order chi connectivity index (χ1) is 7.16. The molecule has 3 nitrogen and oxygen atoms in total. The highest BCUT2D eigenvalue weighted by Crippen LogP contribution is 2.13. The van der Waals surface area contributed by atoms with Crippen molar-refractivity contribution in [3.63, 3.8) is 0 Å². The van der Waals surface area contributed by atoms with Crippen molar-refractivity contribution in [1.29, 1.82) is 5.26 Å². The van der Waals surface area contributed by atoms with Crippen LogP contribution >= 0.6 is 0 Å². The van der Waals surface area contributed by atoms with Crippen molar-refractivity contribution in [2.45, 2.75) is 13.3 Å². The Balaban J connectivity index is 3.21. The summed E-state index contributed by atoms with van der Waals surface area (Å²) in [6, 6.07) is 6.99. The zero-order valence-electron chi connectivity index (χ0n) is 8.24. The van der Waals surface area contributed by atoms with Gasteiger partial charge in [0.1, 0.15) is 0 Å². The molecular weight excluding hydrogens is 190 g/mol. The summed E-state index contributed by atoms with van der Waals surface area (Å²) in [5.41, 5.74) is 1.34. The SMILES string of the molecule is Cc1cccc(C#CCC#N)c1C(=O)O. The summed E-state index contributed by atoms with van der Waals surface area (Å²) >= 11 is 0. The van der Waals surface area contributed by atoms with E-state index in [9.17, 15) is 4.79 Å². The zero-order chi connectivity index (χ0) is 11.3. The maximum absolute atomic E-state index is 10.9. The molecule has 1 rings (SSSR count). The lowest BCUT2D eigenvalue weighted by molar-refractivity contribution is 0.0696. The van der Waals surface area contributed by atoms with Crippen LogP contribution in [0.5, 0.6) is 0 Å². The predicted molar refractivity (Wildman–Crippen MR) is 55.2 cm³/mol. The fourth-order valence-electron chi connectivity index (χ4n) is 1.23. The highest BCUT2D eigenvalue weighted by atomic mass is 16.4. The molecule has 0 unspecified atom stereocenters. The van der Waals surface area contributed by atoms with Crippen LogP contribution in [0.3, 0.4) is 0 Å². The largest absolute Gasteiger partial charge is 0.478 e. The summed E-state index contributed by atoms with van der Waals surface area (Å²) in [6.07, 6.45) is 0.104. The number of nitriles is 1. The highest BCUT2D eigenvalue weighted by Gasteiger charge is 2.10. The van der Waals surface area contributed by atoms with Gasteiger partial charge in [0.25, 0.3) is 0 Å². The van der Waals surface area contributed by atoms with Gasteiger partial charge in [-0.2, -0.15) is 5.26 Å². The first-order valence-corrected chi connectivity index (χ1v) is 4.35. The van der Waals surface area contributed by atoms with E-state index in [2.05, 4.69) is 11.8 Å². The molecule has 0 spiro atoms. The third kappa shape index (κ3) is 2.59. The topological polar surface area (TPSA) is 61.1 Å². The Morgan fingerprint density at radius 3 is 2.87 bits per heavy atom. The van der Waals surface area contributed by atoms with Gasteiger partial charge in [-0.1, -0.05) is 24.0 Å². The van der Waals surface area contributed by atoms with E-state index in [1.807, 2.05) is 6.07 Å². The van der Waals surface area contributed by atoms with Crippen LogP contribution in [0.2, 0.25) is 0 Å². The first kappa shape index (κ1) is 10.8. The molecule has 0 radical (unpaired) electrons. The molecule has 0 saturated carbocycles. The second-order valence-electron chi connectivity index (χ2n) is 2.94. The molecule has 0 atom stereocenters. The summed E-state index contributed by atoms with van der Waals surface area (Å²) in [5, 5.41) is 17.3. The minimum atomic E-state index is -0.991. The molecule has 0 saturated heterocycles. The van der Waals surface area contributed by atoms with Crippen LogP contribution in [0, 0.1) is 30.1 Å². The van der Waals surface area contributed by atoms with E-state index in [0.29, 0.717) is 11.1 Å². The number of hydrogen-bond acceptors (Lipinski definition) is 2. The summed E-state index contributed by atoms with van der Waals surface area (Å²) in [5.74, 6) is 4.29. The Labute approximate surface area is 88.0 Å². The molecule has 0 aliphatic heterocycles. The van der Waals surface area contributed by atoms with Gasteiger partial charge in [-0.3, -0.25) is 0 Å². The molecule has 0 aliphatic carbocycles. The van der Waals surface area contributed by atoms with Crippen LogP contribution in [0.25, 0.3) is 0 Å². The Bertz CT molecular complexity index is 487. The number of nitrogens with zero attached hydrogens (tertiary/aromatic N) is 1. The maximum atomic E-state index is 10.9. The Hall–Kier alpha value is -2.26. The Kier molecular flexibility index (Phi) is 3.49. The number of rotatable bonds is 1. The lowest BCUT2D eigenvalue weighted by Crippen LogP contribution is -2.02. The zero-order valence-corrected chi connectivity index (χ0v) is 8.24. The van der Waals surface area contributed by atoms with Crippen LogP contribution in [0.4, 0.5) is 0 Å². The van der Waals surface area contributed by atoms with Gasteiger partial charge in [0.2, 0.25) is 0 Å².